The van der Waals surface area contributed by atoms with E-state index in [9.17, 15) is 18.0 Å². The van der Waals surface area contributed by atoms with Gasteiger partial charge in [-0.05, 0) is 56.0 Å². The summed E-state index contributed by atoms with van der Waals surface area (Å²) in [6, 6.07) is 11.5. The summed E-state index contributed by atoms with van der Waals surface area (Å²) in [5, 5.41) is 3.67. The van der Waals surface area contributed by atoms with Crippen LogP contribution in [-0.2, 0) is 26.2 Å². The van der Waals surface area contributed by atoms with E-state index in [-0.39, 0.29) is 43.7 Å². The van der Waals surface area contributed by atoms with Gasteiger partial charge in [0, 0.05) is 41.7 Å². The molecule has 2 aromatic rings. The number of anilines is 1. The lowest BCUT2D eigenvalue weighted by molar-refractivity contribution is -0.140. The molecule has 0 spiro atoms. The van der Waals surface area contributed by atoms with Crippen molar-refractivity contribution in [3.63, 3.8) is 0 Å². The molecule has 0 aromatic heterocycles. The fourth-order valence-electron chi connectivity index (χ4n) is 3.68. The molecule has 0 fully saturated rings. The quantitative estimate of drug-likeness (QED) is 0.397. The molecular formula is C26H35Cl2N3O4S. The number of aryl methyl sites for hydroxylation is 1. The van der Waals surface area contributed by atoms with Crippen LogP contribution in [-0.4, -0.2) is 50.5 Å². The van der Waals surface area contributed by atoms with Gasteiger partial charge in [-0.15, -0.1) is 0 Å². The summed E-state index contributed by atoms with van der Waals surface area (Å²) in [6.07, 6.45) is 1.46. The van der Waals surface area contributed by atoms with Crippen LogP contribution in [0.2, 0.25) is 10.0 Å². The average Bonchev–Trinajstić information content (AvgIpc) is 2.78. The number of nitrogens with one attached hydrogen (secondary N) is 1. The van der Waals surface area contributed by atoms with Gasteiger partial charge < -0.3 is 10.2 Å². The normalized spacial score (nSPS) is 12.3. The topological polar surface area (TPSA) is 86.8 Å². The predicted molar refractivity (Wildman–Crippen MR) is 147 cm³/mol. The molecule has 0 heterocycles. The lowest BCUT2D eigenvalue weighted by Gasteiger charge is -2.30. The van der Waals surface area contributed by atoms with Gasteiger partial charge >= 0.3 is 0 Å². The minimum atomic E-state index is -3.55. The van der Waals surface area contributed by atoms with Gasteiger partial charge in [0.15, 0.2) is 0 Å². The Balaban J connectivity index is 2.22. The average molecular weight is 557 g/mol. The maximum Gasteiger partial charge on any atom is 0.242 e. The van der Waals surface area contributed by atoms with Crippen molar-refractivity contribution in [1.29, 1.82) is 0 Å². The third-order valence-corrected chi connectivity index (χ3v) is 7.59. The number of carbonyl (C=O) groups excluding carboxylic acids is 2. The first kappa shape index (κ1) is 29.9. The summed E-state index contributed by atoms with van der Waals surface area (Å²) in [4.78, 5) is 27.6. The minimum Gasteiger partial charge on any atom is -0.354 e. The number of sulfonamides is 1. The highest BCUT2D eigenvalue weighted by atomic mass is 35.5. The number of rotatable bonds is 12. The van der Waals surface area contributed by atoms with Gasteiger partial charge in [-0.1, -0.05) is 55.2 Å². The molecule has 0 aliphatic heterocycles. The van der Waals surface area contributed by atoms with Crippen LogP contribution in [0.5, 0.6) is 0 Å². The molecule has 198 valence electrons. The lowest BCUT2D eigenvalue weighted by Crippen LogP contribution is -2.48. The second kappa shape index (κ2) is 13.3. The first-order valence-corrected chi connectivity index (χ1v) is 14.5. The van der Waals surface area contributed by atoms with Crippen LogP contribution in [0.25, 0.3) is 0 Å². The summed E-state index contributed by atoms with van der Waals surface area (Å²) in [7, 11) is -3.55. The summed E-state index contributed by atoms with van der Waals surface area (Å²) >= 11 is 12.7. The highest BCUT2D eigenvalue weighted by Crippen LogP contribution is 2.27. The Hall–Kier alpha value is -2.29. The highest BCUT2D eigenvalue weighted by molar-refractivity contribution is 7.92. The molecule has 36 heavy (non-hydrogen) atoms. The summed E-state index contributed by atoms with van der Waals surface area (Å²) in [5.74, 6) is -0.319. The zero-order chi connectivity index (χ0) is 27.0. The van der Waals surface area contributed by atoms with Gasteiger partial charge in [-0.25, -0.2) is 8.42 Å². The summed E-state index contributed by atoms with van der Waals surface area (Å²) < 4.78 is 26.2. The van der Waals surface area contributed by atoms with Crippen molar-refractivity contribution in [2.45, 2.75) is 53.1 Å². The second-order valence-electron chi connectivity index (χ2n) is 9.31. The number of hydrogen-bond donors (Lipinski definition) is 1. The monoisotopic (exact) mass is 555 g/mol. The van der Waals surface area contributed by atoms with Crippen LogP contribution in [0.15, 0.2) is 42.5 Å². The minimum absolute atomic E-state index is 0.0434. The fourth-order valence-corrected chi connectivity index (χ4v) is 5.15. The molecule has 2 amide bonds. The van der Waals surface area contributed by atoms with Crippen molar-refractivity contribution in [3.05, 3.63) is 63.6 Å². The molecule has 1 N–H and O–H groups in total. The first-order valence-electron chi connectivity index (χ1n) is 11.9. The van der Waals surface area contributed by atoms with Crippen molar-refractivity contribution in [2.24, 2.45) is 5.92 Å². The molecule has 0 aliphatic rings. The van der Waals surface area contributed by atoms with E-state index in [0.29, 0.717) is 27.8 Å². The van der Waals surface area contributed by atoms with Crippen LogP contribution < -0.4 is 9.62 Å². The van der Waals surface area contributed by atoms with Crippen LogP contribution in [0, 0.1) is 12.8 Å². The molecule has 2 rings (SSSR count). The third kappa shape index (κ3) is 8.68. The molecule has 7 nitrogen and oxygen atoms in total. The molecular weight excluding hydrogens is 521 g/mol. The van der Waals surface area contributed by atoms with Crippen molar-refractivity contribution in [2.75, 3.05) is 23.7 Å². The number of nitrogens with zero attached hydrogens (tertiary/aromatic N) is 2. The number of benzene rings is 2. The zero-order valence-corrected chi connectivity index (χ0v) is 23.8. The SMILES string of the molecule is Cc1cccc(N(CCCC(=O)N(Cc2c(Cl)cccc2Cl)[C@H](C)C(=O)NCC(C)C)S(C)(=O)=O)c1. The van der Waals surface area contributed by atoms with Crippen molar-refractivity contribution < 1.29 is 18.0 Å². The molecule has 0 unspecified atom stereocenters. The van der Waals surface area contributed by atoms with E-state index in [1.54, 1.807) is 43.3 Å². The third-order valence-electron chi connectivity index (χ3n) is 5.68. The Morgan fingerprint density at radius 3 is 2.19 bits per heavy atom. The first-order chi connectivity index (χ1) is 16.8. The molecule has 10 heteroatoms. The van der Waals surface area contributed by atoms with Gasteiger partial charge in [-0.2, -0.15) is 0 Å². The van der Waals surface area contributed by atoms with E-state index < -0.39 is 16.1 Å². The van der Waals surface area contributed by atoms with Crippen molar-refractivity contribution in [1.82, 2.24) is 10.2 Å². The number of halogens is 2. The fraction of sp³-hybridized carbons (Fsp3) is 0.462. The van der Waals surface area contributed by atoms with Crippen molar-refractivity contribution >= 4 is 50.7 Å². The van der Waals surface area contributed by atoms with Crippen LogP contribution in [0.3, 0.4) is 0 Å². The van der Waals surface area contributed by atoms with Crippen LogP contribution >= 0.6 is 23.2 Å². The van der Waals surface area contributed by atoms with Gasteiger partial charge in [0.2, 0.25) is 21.8 Å². The van der Waals surface area contributed by atoms with E-state index in [2.05, 4.69) is 5.32 Å². The van der Waals surface area contributed by atoms with E-state index in [4.69, 9.17) is 23.2 Å². The Labute approximate surface area is 224 Å². The summed E-state index contributed by atoms with van der Waals surface area (Å²) in [5.41, 5.74) is 2.03. The predicted octanol–water partition coefficient (Wildman–Crippen LogP) is 5.04. The highest BCUT2D eigenvalue weighted by Gasteiger charge is 2.28. The molecule has 0 aliphatic carbocycles. The Kier molecular flexibility index (Phi) is 11.1. The number of carbonyl (C=O) groups is 2. The van der Waals surface area contributed by atoms with E-state index in [0.717, 1.165) is 11.8 Å². The lowest BCUT2D eigenvalue weighted by atomic mass is 10.1. The smallest absolute Gasteiger partial charge is 0.242 e. The van der Waals surface area contributed by atoms with E-state index in [1.165, 1.54) is 9.21 Å². The van der Waals surface area contributed by atoms with Gasteiger partial charge in [0.05, 0.1) is 11.9 Å². The molecule has 0 bridgehead atoms. The molecule has 0 saturated heterocycles. The van der Waals surface area contributed by atoms with Crippen LogP contribution in [0.4, 0.5) is 5.69 Å². The molecule has 2 aromatic carbocycles. The van der Waals surface area contributed by atoms with Gasteiger partial charge in [0.1, 0.15) is 6.04 Å². The number of amides is 2. The maximum absolute atomic E-state index is 13.4. The maximum atomic E-state index is 13.4. The Morgan fingerprint density at radius 2 is 1.64 bits per heavy atom. The number of hydrogen-bond acceptors (Lipinski definition) is 4. The standard InChI is InChI=1S/C26H35Cl2N3O4S/c1-18(2)16-29-26(33)20(4)30(17-22-23(27)11-7-12-24(22)28)25(32)13-8-14-31(36(5,34)35)21-10-6-9-19(3)15-21/h6-7,9-12,15,18,20H,8,13-14,16-17H2,1-5H3,(H,29,33)/t20-/m1/s1. The van der Waals surface area contributed by atoms with Crippen LogP contribution in [0.1, 0.15) is 44.7 Å². The largest absolute Gasteiger partial charge is 0.354 e. The molecule has 0 saturated carbocycles. The van der Waals surface area contributed by atoms with E-state index in [1.807, 2.05) is 26.8 Å². The Bertz CT molecular complexity index is 1150. The van der Waals surface area contributed by atoms with Gasteiger partial charge in [-0.3, -0.25) is 13.9 Å². The van der Waals surface area contributed by atoms with Gasteiger partial charge in [0.25, 0.3) is 0 Å². The van der Waals surface area contributed by atoms with Crippen molar-refractivity contribution in [3.8, 4) is 0 Å². The zero-order valence-electron chi connectivity index (χ0n) is 21.4. The molecule has 0 radical (unpaired) electrons. The van der Waals surface area contributed by atoms with E-state index >= 15 is 0 Å². The summed E-state index contributed by atoms with van der Waals surface area (Å²) in [6.45, 7) is 8.19. The molecule has 1 atom stereocenters. The Morgan fingerprint density at radius 1 is 1.03 bits per heavy atom. The second-order valence-corrected chi connectivity index (χ2v) is 12.0.